The maximum absolute atomic E-state index is 7.36. The lowest BCUT2D eigenvalue weighted by molar-refractivity contribution is 0.423. The van der Waals surface area contributed by atoms with Crippen LogP contribution in [0.1, 0.15) is 49.5 Å². The molecule has 0 saturated carbocycles. The summed E-state index contributed by atoms with van der Waals surface area (Å²) in [5.74, 6) is 4.18. The Labute approximate surface area is 284 Å². The van der Waals surface area contributed by atoms with E-state index in [1.165, 1.54) is 21.5 Å². The Balaban J connectivity index is 1.26. The van der Waals surface area contributed by atoms with Gasteiger partial charge in [0.15, 0.2) is 5.76 Å². The minimum absolute atomic E-state index is 0.0702. The highest BCUT2D eigenvalue weighted by Crippen LogP contribution is 2.49. The monoisotopic (exact) mass is 651 g/mol. The Kier molecular flexibility index (Phi) is 9.19. The van der Waals surface area contributed by atoms with E-state index in [4.69, 9.17) is 13.8 Å². The molecule has 1 aliphatic heterocycles. The molecule has 0 N–H and O–H groups in total. The van der Waals surface area contributed by atoms with E-state index < -0.39 is 9.04 Å². The molecule has 236 valence electrons. The van der Waals surface area contributed by atoms with Crippen LogP contribution in [0.5, 0.6) is 5.75 Å². The van der Waals surface area contributed by atoms with Gasteiger partial charge in [0, 0.05) is 11.1 Å². The molecule has 1 aliphatic rings. The molecule has 0 radical (unpaired) electrons. The maximum atomic E-state index is 7.36. The van der Waals surface area contributed by atoms with E-state index in [1.807, 2.05) is 23.9 Å². The summed E-state index contributed by atoms with van der Waals surface area (Å²) in [7, 11) is -2.04. The molecule has 47 heavy (non-hydrogen) atoms. The molecular weight excluding hydrogens is 611 g/mol. The zero-order chi connectivity index (χ0) is 32.2. The molecule has 6 aromatic rings. The van der Waals surface area contributed by atoms with Crippen molar-refractivity contribution in [1.29, 1.82) is 0 Å². The zero-order valence-corrected chi connectivity index (χ0v) is 29.3. The lowest BCUT2D eigenvalue weighted by Crippen LogP contribution is -2.48. The van der Waals surface area contributed by atoms with Crippen molar-refractivity contribution in [3.63, 3.8) is 0 Å². The Morgan fingerprint density at radius 2 is 1.30 bits per heavy atom. The van der Waals surface area contributed by atoms with Crippen molar-refractivity contribution in [3.05, 3.63) is 157 Å². The molecule has 2 atom stereocenters. The largest absolute Gasteiger partial charge is 0.537 e. The molecule has 2 heterocycles. The number of rotatable bonds is 9. The lowest BCUT2D eigenvalue weighted by Gasteiger charge is -2.29. The van der Waals surface area contributed by atoms with Crippen molar-refractivity contribution >= 4 is 31.2 Å². The van der Waals surface area contributed by atoms with Gasteiger partial charge in [0.2, 0.25) is 5.89 Å². The molecule has 1 saturated heterocycles. The van der Waals surface area contributed by atoms with E-state index in [1.54, 1.807) is 0 Å². The van der Waals surface area contributed by atoms with Gasteiger partial charge in [0.1, 0.15) is 11.4 Å². The van der Waals surface area contributed by atoms with Gasteiger partial charge in [-0.25, -0.2) is 4.98 Å². The normalized spacial score (nSPS) is 16.4. The number of aromatic nitrogens is 1. The van der Waals surface area contributed by atoms with Crippen LogP contribution in [0.2, 0.25) is 0 Å². The van der Waals surface area contributed by atoms with Gasteiger partial charge >= 0.3 is 0 Å². The molecule has 0 aliphatic carbocycles. The summed E-state index contributed by atoms with van der Waals surface area (Å²) in [5.41, 5.74) is 5.51. The lowest BCUT2D eigenvalue weighted by atomic mass is 9.83. The average Bonchev–Trinajstić information content (AvgIpc) is 3.76. The zero-order valence-electron chi connectivity index (χ0n) is 27.3. The molecule has 0 bridgehead atoms. The van der Waals surface area contributed by atoms with Crippen molar-refractivity contribution in [2.24, 2.45) is 5.92 Å². The van der Waals surface area contributed by atoms with Gasteiger partial charge in [-0.15, -0.1) is 11.8 Å². The van der Waals surface area contributed by atoms with E-state index in [2.05, 4.69) is 148 Å². The van der Waals surface area contributed by atoms with Gasteiger partial charge in [0.05, 0.1) is 5.25 Å². The van der Waals surface area contributed by atoms with Crippen LogP contribution in [-0.4, -0.2) is 19.8 Å². The second-order valence-corrected chi connectivity index (χ2v) is 16.9. The van der Waals surface area contributed by atoms with E-state index in [9.17, 15) is 0 Å². The number of thioether (sulfide) groups is 1. The van der Waals surface area contributed by atoms with E-state index >= 15 is 0 Å². The number of oxazole rings is 1. The predicted octanol–water partition coefficient (Wildman–Crippen LogP) is 9.26. The minimum atomic E-state index is -2.04. The number of benzene rings is 5. The second-order valence-electron chi connectivity index (χ2n) is 13.4. The molecule has 0 amide bonds. The number of hydrogen-bond acceptors (Lipinski definition) is 4. The molecular formula is C42H41NO2SSi. The van der Waals surface area contributed by atoms with E-state index in [0.29, 0.717) is 5.92 Å². The molecule has 2 unspecified atom stereocenters. The van der Waals surface area contributed by atoms with Crippen molar-refractivity contribution in [1.82, 2.24) is 4.98 Å². The fourth-order valence-corrected chi connectivity index (χ4v) is 10.4. The Bertz CT molecular complexity index is 1810. The topological polar surface area (TPSA) is 35.3 Å². The van der Waals surface area contributed by atoms with Crippen LogP contribution in [0, 0.1) is 5.92 Å². The quantitative estimate of drug-likeness (QED) is 0.146. The van der Waals surface area contributed by atoms with Crippen LogP contribution in [0.25, 0.3) is 22.6 Å². The van der Waals surface area contributed by atoms with Crippen LogP contribution >= 0.6 is 11.8 Å². The van der Waals surface area contributed by atoms with Gasteiger partial charge < -0.3 is 8.84 Å². The van der Waals surface area contributed by atoms with Crippen molar-refractivity contribution in [2.75, 3.05) is 5.75 Å². The van der Waals surface area contributed by atoms with E-state index in [-0.39, 0.29) is 10.7 Å². The molecule has 5 aromatic carbocycles. The van der Waals surface area contributed by atoms with Crippen molar-refractivity contribution in [2.45, 2.75) is 44.3 Å². The van der Waals surface area contributed by atoms with E-state index in [0.717, 1.165) is 52.8 Å². The summed E-state index contributed by atoms with van der Waals surface area (Å²) in [6.07, 6.45) is 2.02. The minimum Gasteiger partial charge on any atom is -0.537 e. The van der Waals surface area contributed by atoms with Gasteiger partial charge in [-0.05, 0) is 51.4 Å². The van der Waals surface area contributed by atoms with Crippen LogP contribution in [0.3, 0.4) is 0 Å². The summed E-state index contributed by atoms with van der Waals surface area (Å²) in [6, 6.07) is 49.1. The molecule has 3 nitrogen and oxygen atoms in total. The highest BCUT2D eigenvalue weighted by atomic mass is 32.2. The summed E-state index contributed by atoms with van der Waals surface area (Å²) < 4.78 is 14.1. The molecule has 7 rings (SSSR count). The van der Waals surface area contributed by atoms with Crippen LogP contribution in [-0.2, 0) is 11.8 Å². The molecule has 0 spiro atoms. The van der Waals surface area contributed by atoms with Crippen molar-refractivity contribution in [3.8, 4) is 28.3 Å². The average molecular weight is 652 g/mol. The highest BCUT2D eigenvalue weighted by Gasteiger charge is 2.36. The number of para-hydroxylation sites is 1. The first-order valence-electron chi connectivity index (χ1n) is 16.6. The first-order chi connectivity index (χ1) is 23.0. The Morgan fingerprint density at radius 3 is 1.89 bits per heavy atom. The predicted molar refractivity (Wildman–Crippen MR) is 199 cm³/mol. The second kappa shape index (κ2) is 13.8. The Morgan fingerprint density at radius 1 is 0.723 bits per heavy atom. The van der Waals surface area contributed by atoms with Gasteiger partial charge in [0.25, 0.3) is 9.04 Å². The van der Waals surface area contributed by atoms with Gasteiger partial charge in [-0.3, -0.25) is 0 Å². The highest BCUT2D eigenvalue weighted by molar-refractivity contribution is 7.99. The fraction of sp³-hybridized carbons (Fsp3) is 0.214. The third-order valence-corrected chi connectivity index (χ3v) is 12.9. The number of nitrogens with zero attached hydrogens (tertiary/aromatic N) is 1. The first kappa shape index (κ1) is 31.3. The first-order valence-corrected chi connectivity index (χ1v) is 19.3. The Hall–Kier alpha value is -4.32. The molecule has 1 fully saturated rings. The standard InChI is InChI=1S/C42H41NO2SSi/c1-42(2,3)36-26-16-21-32(38(36)45-47(34-22-12-6-13-23-34)35-24-14-7-15-25-35)29-33-27-28-46-40(33)41-43-37(30-17-8-4-9-18-30)39(44-41)31-19-10-5-11-20-31/h4-26,33,40,47H,27-29H2,1-3H3. The molecule has 5 heteroatoms. The molecule has 1 aromatic heterocycles. The summed E-state index contributed by atoms with van der Waals surface area (Å²) in [5, 5.41) is 2.73. The summed E-state index contributed by atoms with van der Waals surface area (Å²) in [4.78, 5) is 5.23. The smallest absolute Gasteiger partial charge is 0.299 e. The SMILES string of the molecule is CC(C)(C)c1cccc(CC2CCSC2c2nc(-c3ccccc3)c(-c3ccccc3)o2)c1O[SiH](c1ccccc1)c1ccccc1. The third kappa shape index (κ3) is 6.88. The van der Waals surface area contributed by atoms with Crippen LogP contribution in [0.4, 0.5) is 0 Å². The van der Waals surface area contributed by atoms with Crippen LogP contribution in [0.15, 0.2) is 144 Å². The van der Waals surface area contributed by atoms with Gasteiger partial charge in [-0.1, -0.05) is 160 Å². The summed E-state index contributed by atoms with van der Waals surface area (Å²) in [6.45, 7) is 6.87. The fourth-order valence-electron chi connectivity index (χ4n) is 6.61. The van der Waals surface area contributed by atoms with Gasteiger partial charge in [-0.2, -0.15) is 0 Å². The number of hydrogen-bond donors (Lipinski definition) is 0. The summed E-state index contributed by atoms with van der Waals surface area (Å²) >= 11 is 1.97. The maximum Gasteiger partial charge on any atom is 0.299 e. The van der Waals surface area contributed by atoms with Crippen LogP contribution < -0.4 is 14.8 Å². The van der Waals surface area contributed by atoms with Crippen molar-refractivity contribution < 1.29 is 8.84 Å². The third-order valence-electron chi connectivity index (χ3n) is 9.01.